The molecule has 0 bridgehead atoms. The van der Waals surface area contributed by atoms with Gasteiger partial charge in [-0.3, -0.25) is 14.9 Å². The number of azide groups is 1. The molecular formula is C10H10ClN5O3. The van der Waals surface area contributed by atoms with Crippen molar-refractivity contribution in [2.45, 2.75) is 6.42 Å². The van der Waals surface area contributed by atoms with Crippen LogP contribution in [0.5, 0.6) is 0 Å². The molecule has 1 rings (SSSR count). The molecule has 0 aliphatic rings. The third-order valence-electron chi connectivity index (χ3n) is 2.20. The van der Waals surface area contributed by atoms with Gasteiger partial charge < -0.3 is 5.32 Å². The van der Waals surface area contributed by atoms with Crippen molar-refractivity contribution in [2.24, 2.45) is 5.11 Å². The Labute approximate surface area is 113 Å². The molecular weight excluding hydrogens is 274 g/mol. The molecule has 0 heterocycles. The summed E-state index contributed by atoms with van der Waals surface area (Å²) in [7, 11) is 0. The van der Waals surface area contributed by atoms with Gasteiger partial charge in [0.1, 0.15) is 5.56 Å². The molecule has 0 saturated heterocycles. The van der Waals surface area contributed by atoms with E-state index >= 15 is 0 Å². The summed E-state index contributed by atoms with van der Waals surface area (Å²) in [4.78, 5) is 24.5. The van der Waals surface area contributed by atoms with Gasteiger partial charge in [-0.1, -0.05) is 22.8 Å². The normalized spacial score (nSPS) is 9.53. The molecule has 1 aromatic rings. The van der Waals surface area contributed by atoms with Crippen LogP contribution < -0.4 is 5.32 Å². The van der Waals surface area contributed by atoms with E-state index in [1.807, 2.05) is 0 Å². The Morgan fingerprint density at radius 1 is 1.58 bits per heavy atom. The van der Waals surface area contributed by atoms with Crippen molar-refractivity contribution in [1.82, 2.24) is 5.32 Å². The summed E-state index contributed by atoms with van der Waals surface area (Å²) in [6, 6.07) is 4.02. The highest BCUT2D eigenvalue weighted by atomic mass is 35.5. The molecule has 1 aromatic carbocycles. The zero-order valence-corrected chi connectivity index (χ0v) is 10.5. The van der Waals surface area contributed by atoms with Crippen LogP contribution >= 0.6 is 11.6 Å². The summed E-state index contributed by atoms with van der Waals surface area (Å²) in [5.41, 5.74) is 7.55. The highest BCUT2D eigenvalue weighted by molar-refractivity contribution is 6.34. The lowest BCUT2D eigenvalue weighted by atomic mass is 10.1. The van der Waals surface area contributed by atoms with E-state index in [0.29, 0.717) is 6.42 Å². The fourth-order valence-electron chi connectivity index (χ4n) is 1.37. The number of nitrogens with one attached hydrogen (secondary N) is 1. The topological polar surface area (TPSA) is 121 Å². The smallest absolute Gasteiger partial charge is 0.283 e. The number of carbonyl (C=O) groups excluding carboxylic acids is 1. The molecule has 0 saturated carbocycles. The average molecular weight is 284 g/mol. The second-order valence-electron chi connectivity index (χ2n) is 3.45. The molecule has 0 aliphatic carbocycles. The molecule has 0 atom stereocenters. The number of hydrogen-bond donors (Lipinski definition) is 1. The van der Waals surface area contributed by atoms with Crippen molar-refractivity contribution in [2.75, 3.05) is 13.1 Å². The van der Waals surface area contributed by atoms with Crippen LogP contribution in [0.4, 0.5) is 5.69 Å². The predicted molar refractivity (Wildman–Crippen MR) is 69.1 cm³/mol. The first kappa shape index (κ1) is 14.7. The van der Waals surface area contributed by atoms with Crippen LogP contribution in [0, 0.1) is 10.1 Å². The Bertz CT molecular complexity index is 542. The molecule has 0 unspecified atom stereocenters. The fourth-order valence-corrected chi connectivity index (χ4v) is 1.63. The van der Waals surface area contributed by atoms with E-state index in [2.05, 4.69) is 15.3 Å². The standard InChI is InChI=1S/C10H10ClN5O3/c11-7-3-1-4-8(16(18)19)9(7)10(17)13-5-2-6-14-15-12/h1,3-4H,2,5-6H2,(H,13,17). The number of carbonyl (C=O) groups is 1. The van der Waals surface area contributed by atoms with Gasteiger partial charge in [0.25, 0.3) is 11.6 Å². The molecule has 0 radical (unpaired) electrons. The lowest BCUT2D eigenvalue weighted by molar-refractivity contribution is -0.385. The highest BCUT2D eigenvalue weighted by Crippen LogP contribution is 2.25. The molecule has 1 amide bonds. The van der Waals surface area contributed by atoms with Crippen LogP contribution in [0.15, 0.2) is 23.3 Å². The third kappa shape index (κ3) is 4.13. The first-order valence-electron chi connectivity index (χ1n) is 5.30. The Morgan fingerprint density at radius 3 is 2.95 bits per heavy atom. The summed E-state index contributed by atoms with van der Waals surface area (Å²) in [5.74, 6) is -0.627. The number of nitrogens with zero attached hydrogens (tertiary/aromatic N) is 4. The van der Waals surface area contributed by atoms with Crippen LogP contribution in [-0.2, 0) is 0 Å². The number of benzene rings is 1. The first-order chi connectivity index (χ1) is 9.07. The number of nitro benzene ring substituents is 1. The zero-order valence-electron chi connectivity index (χ0n) is 9.74. The maximum atomic E-state index is 11.8. The van der Waals surface area contributed by atoms with Crippen LogP contribution in [0.2, 0.25) is 5.02 Å². The number of halogens is 1. The third-order valence-corrected chi connectivity index (χ3v) is 2.51. The van der Waals surface area contributed by atoms with Crippen molar-refractivity contribution in [3.8, 4) is 0 Å². The van der Waals surface area contributed by atoms with Crippen molar-refractivity contribution in [1.29, 1.82) is 0 Å². The maximum Gasteiger partial charge on any atom is 0.283 e. The van der Waals surface area contributed by atoms with Crippen molar-refractivity contribution < 1.29 is 9.72 Å². The number of amides is 1. The molecule has 9 heteroatoms. The van der Waals surface area contributed by atoms with E-state index in [1.165, 1.54) is 18.2 Å². The summed E-state index contributed by atoms with van der Waals surface area (Å²) >= 11 is 5.80. The van der Waals surface area contributed by atoms with Crippen LogP contribution in [-0.4, -0.2) is 23.9 Å². The lowest BCUT2D eigenvalue weighted by Gasteiger charge is -2.06. The van der Waals surface area contributed by atoms with Gasteiger partial charge in [0.15, 0.2) is 0 Å². The fraction of sp³-hybridized carbons (Fsp3) is 0.300. The Hall–Kier alpha value is -2.31. The van der Waals surface area contributed by atoms with Gasteiger partial charge in [-0.25, -0.2) is 0 Å². The van der Waals surface area contributed by atoms with Crippen molar-refractivity contribution in [3.63, 3.8) is 0 Å². The average Bonchev–Trinajstić information content (AvgIpc) is 2.37. The quantitative estimate of drug-likeness (QED) is 0.216. The van der Waals surface area contributed by atoms with Gasteiger partial charge in [-0.2, -0.15) is 0 Å². The minimum Gasteiger partial charge on any atom is -0.352 e. The predicted octanol–water partition coefficient (Wildman–Crippen LogP) is 2.68. The minimum absolute atomic E-state index is 0.0155. The van der Waals surface area contributed by atoms with E-state index in [1.54, 1.807) is 0 Å². The number of hydrogen-bond acceptors (Lipinski definition) is 4. The molecule has 0 fully saturated rings. The molecule has 1 N–H and O–H groups in total. The first-order valence-corrected chi connectivity index (χ1v) is 5.67. The molecule has 0 spiro atoms. The van der Waals surface area contributed by atoms with E-state index < -0.39 is 10.8 Å². The molecule has 0 aliphatic heterocycles. The summed E-state index contributed by atoms with van der Waals surface area (Å²) in [5, 5.41) is 16.6. The van der Waals surface area contributed by atoms with Crippen molar-refractivity contribution >= 4 is 23.2 Å². The number of nitro groups is 1. The van der Waals surface area contributed by atoms with Crippen LogP contribution in [0.1, 0.15) is 16.8 Å². The zero-order chi connectivity index (χ0) is 14.3. The second-order valence-corrected chi connectivity index (χ2v) is 3.86. The Balaban J connectivity index is 2.76. The largest absolute Gasteiger partial charge is 0.352 e. The Kier molecular flexibility index (Phi) is 5.59. The lowest BCUT2D eigenvalue weighted by Crippen LogP contribution is -2.26. The SMILES string of the molecule is [N-]=[N+]=NCCCNC(=O)c1c(Cl)cccc1[N+](=O)[O-]. The maximum absolute atomic E-state index is 11.8. The van der Waals surface area contributed by atoms with E-state index in [0.717, 1.165) is 0 Å². The summed E-state index contributed by atoms with van der Waals surface area (Å²) in [6.45, 7) is 0.474. The van der Waals surface area contributed by atoms with Crippen molar-refractivity contribution in [3.05, 3.63) is 49.3 Å². The summed E-state index contributed by atoms with van der Waals surface area (Å²) < 4.78 is 0. The summed E-state index contributed by atoms with van der Waals surface area (Å²) in [6.07, 6.45) is 0.439. The molecule has 8 nitrogen and oxygen atoms in total. The molecule has 100 valence electrons. The van der Waals surface area contributed by atoms with E-state index in [9.17, 15) is 14.9 Å². The van der Waals surface area contributed by atoms with Gasteiger partial charge in [0.2, 0.25) is 0 Å². The minimum atomic E-state index is -0.666. The van der Waals surface area contributed by atoms with E-state index in [4.69, 9.17) is 17.1 Å². The van der Waals surface area contributed by atoms with Gasteiger partial charge in [-0.15, -0.1) is 0 Å². The van der Waals surface area contributed by atoms with Gasteiger partial charge in [0, 0.05) is 24.1 Å². The van der Waals surface area contributed by atoms with Gasteiger partial charge in [-0.05, 0) is 18.0 Å². The van der Waals surface area contributed by atoms with Gasteiger partial charge >= 0.3 is 0 Å². The number of rotatable bonds is 6. The highest BCUT2D eigenvalue weighted by Gasteiger charge is 2.22. The van der Waals surface area contributed by atoms with Crippen LogP contribution in [0.25, 0.3) is 10.4 Å². The monoisotopic (exact) mass is 283 g/mol. The van der Waals surface area contributed by atoms with Crippen LogP contribution in [0.3, 0.4) is 0 Å². The van der Waals surface area contributed by atoms with Gasteiger partial charge in [0.05, 0.1) is 9.95 Å². The van der Waals surface area contributed by atoms with E-state index in [-0.39, 0.29) is 29.4 Å². The Morgan fingerprint density at radius 2 is 2.32 bits per heavy atom. The molecule has 19 heavy (non-hydrogen) atoms. The second kappa shape index (κ2) is 7.20. The molecule has 0 aromatic heterocycles.